The lowest BCUT2D eigenvalue weighted by Gasteiger charge is -2.28. The maximum atomic E-state index is 14.5. The van der Waals surface area contributed by atoms with E-state index in [0.29, 0.717) is 36.5 Å². The molecule has 0 saturated carbocycles. The Hall–Kier alpha value is -4.02. The fourth-order valence-electron chi connectivity index (χ4n) is 3.79. The number of amides is 1. The molecule has 0 saturated heterocycles. The Labute approximate surface area is 208 Å². The first kappa shape index (κ1) is 25.1. The maximum absolute atomic E-state index is 14.5. The van der Waals surface area contributed by atoms with Crippen molar-refractivity contribution in [1.82, 2.24) is 28.7 Å². The van der Waals surface area contributed by atoms with Crippen molar-refractivity contribution in [1.29, 1.82) is 0 Å². The molecule has 4 aromatic heterocycles. The minimum absolute atomic E-state index is 0.131. The number of nitrogens with zero attached hydrogens (tertiary/aromatic N) is 7. The lowest BCUT2D eigenvalue weighted by atomic mass is 10.2. The van der Waals surface area contributed by atoms with Gasteiger partial charge in [0.2, 0.25) is 0 Å². The number of hydrogen-bond donors (Lipinski definition) is 0. The zero-order valence-electron chi connectivity index (χ0n) is 21.3. The number of carbonyl (C=O) groups excluding carboxylic acids is 1. The van der Waals surface area contributed by atoms with Gasteiger partial charge in [-0.1, -0.05) is 0 Å². The molecule has 1 amide bonds. The smallest absolute Gasteiger partial charge is 0.410 e. The summed E-state index contributed by atoms with van der Waals surface area (Å²) in [5, 5.41) is 0. The quantitative estimate of drug-likeness (QED) is 0.404. The van der Waals surface area contributed by atoms with E-state index in [1.54, 1.807) is 43.0 Å². The first-order valence-electron chi connectivity index (χ1n) is 11.7. The highest BCUT2D eigenvalue weighted by Crippen LogP contribution is 2.21. The molecule has 4 aromatic rings. The Bertz CT molecular complexity index is 1490. The Balaban J connectivity index is 1.58. The van der Waals surface area contributed by atoms with Gasteiger partial charge in [0.05, 0.1) is 11.4 Å². The average Bonchev–Trinajstić information content (AvgIpc) is 3.19. The van der Waals surface area contributed by atoms with Crippen LogP contribution in [0.3, 0.4) is 0 Å². The average molecular weight is 496 g/mol. The number of likely N-dealkylation sites (N-methyl/N-ethyl adjacent to an activating group) is 2. The van der Waals surface area contributed by atoms with Crippen LogP contribution in [0.5, 0.6) is 0 Å². The second-order valence-corrected chi connectivity index (χ2v) is 9.62. The van der Waals surface area contributed by atoms with Crippen molar-refractivity contribution in [3.8, 4) is 11.4 Å². The number of anilines is 1. The molecule has 0 aliphatic heterocycles. The number of aryl methyl sites for hydroxylation is 1. The van der Waals surface area contributed by atoms with Crippen LogP contribution in [-0.4, -0.2) is 67.0 Å². The summed E-state index contributed by atoms with van der Waals surface area (Å²) in [6, 6.07) is 4.85. The molecule has 0 spiro atoms. The maximum Gasteiger partial charge on any atom is 0.410 e. The summed E-state index contributed by atoms with van der Waals surface area (Å²) in [5.41, 5.74) is 1.33. The molecule has 0 aliphatic rings. The van der Waals surface area contributed by atoms with E-state index < -0.39 is 23.2 Å². The zero-order chi connectivity index (χ0) is 26.2. The minimum Gasteiger partial charge on any atom is -0.444 e. The van der Waals surface area contributed by atoms with E-state index in [2.05, 4.69) is 15.0 Å². The number of hydrogen-bond acceptors (Lipinski definition) is 7. The summed E-state index contributed by atoms with van der Waals surface area (Å²) < 4.78 is 22.9. The Kier molecular flexibility index (Phi) is 6.66. The van der Waals surface area contributed by atoms with Crippen molar-refractivity contribution in [2.45, 2.75) is 40.2 Å². The monoisotopic (exact) mass is 495 g/mol. The molecule has 0 fully saturated rings. The second-order valence-electron chi connectivity index (χ2n) is 9.62. The predicted octanol–water partition coefficient (Wildman–Crippen LogP) is 3.54. The lowest BCUT2D eigenvalue weighted by Crippen LogP contribution is -2.39. The van der Waals surface area contributed by atoms with Crippen LogP contribution in [0.25, 0.3) is 22.7 Å². The molecule has 10 nitrogen and oxygen atoms in total. The Morgan fingerprint density at radius 1 is 1.11 bits per heavy atom. The van der Waals surface area contributed by atoms with Gasteiger partial charge >= 0.3 is 11.8 Å². The van der Waals surface area contributed by atoms with Crippen molar-refractivity contribution in [2.75, 3.05) is 31.6 Å². The molecular weight excluding hydrogens is 465 g/mol. The number of ether oxygens (including phenoxy) is 1. The van der Waals surface area contributed by atoms with Gasteiger partial charge in [0, 0.05) is 50.8 Å². The highest BCUT2D eigenvalue weighted by molar-refractivity contribution is 5.68. The number of rotatable bonds is 6. The minimum atomic E-state index is -0.566. The standard InChI is InChI=1S/C25H30FN7O3/c1-7-31(11-10-30(6)24(35)36-25(3,4)5)18-8-9-20-28-21(29-23(34)33(20)15-18)17-12-19(26)22-27-16(2)13-32(22)14-17/h8-9,12-15H,7,10-11H2,1-6H3. The number of fused-ring (bicyclic) bond motifs is 2. The summed E-state index contributed by atoms with van der Waals surface area (Å²) in [6.45, 7) is 10.9. The van der Waals surface area contributed by atoms with Gasteiger partial charge in [-0.15, -0.1) is 0 Å². The number of pyridine rings is 2. The van der Waals surface area contributed by atoms with Crippen molar-refractivity contribution in [3.63, 3.8) is 0 Å². The SMILES string of the molecule is CCN(CCN(C)C(=O)OC(C)(C)C)c1ccc2nc(-c3cc(F)c4nc(C)cn4c3)nc(=O)n2c1. The van der Waals surface area contributed by atoms with Crippen molar-refractivity contribution >= 4 is 23.1 Å². The molecule has 0 N–H and O–H groups in total. The number of carbonyl (C=O) groups is 1. The van der Waals surface area contributed by atoms with Crippen molar-refractivity contribution < 1.29 is 13.9 Å². The van der Waals surface area contributed by atoms with Gasteiger partial charge in [0.1, 0.15) is 11.2 Å². The fourth-order valence-corrected chi connectivity index (χ4v) is 3.79. The van der Waals surface area contributed by atoms with E-state index in [-0.39, 0.29) is 11.5 Å². The lowest BCUT2D eigenvalue weighted by molar-refractivity contribution is 0.0303. The van der Waals surface area contributed by atoms with Crippen LogP contribution in [0, 0.1) is 12.7 Å². The van der Waals surface area contributed by atoms with Gasteiger partial charge in [0.15, 0.2) is 17.3 Å². The van der Waals surface area contributed by atoms with Crippen LogP contribution in [0.15, 0.2) is 41.6 Å². The van der Waals surface area contributed by atoms with E-state index in [4.69, 9.17) is 4.74 Å². The largest absolute Gasteiger partial charge is 0.444 e. The number of halogens is 1. The van der Waals surface area contributed by atoms with E-state index in [0.717, 1.165) is 5.69 Å². The third-order valence-electron chi connectivity index (χ3n) is 5.58. The van der Waals surface area contributed by atoms with Crippen molar-refractivity contribution in [3.05, 3.63) is 58.8 Å². The highest BCUT2D eigenvalue weighted by atomic mass is 19.1. The molecule has 0 unspecified atom stereocenters. The second kappa shape index (κ2) is 9.56. The molecule has 0 radical (unpaired) electrons. The van der Waals surface area contributed by atoms with E-state index in [9.17, 15) is 14.0 Å². The molecule has 0 bridgehead atoms. The molecule has 0 aliphatic carbocycles. The number of aromatic nitrogens is 5. The predicted molar refractivity (Wildman–Crippen MR) is 135 cm³/mol. The van der Waals surface area contributed by atoms with E-state index in [1.807, 2.05) is 38.7 Å². The summed E-state index contributed by atoms with van der Waals surface area (Å²) in [7, 11) is 1.69. The van der Waals surface area contributed by atoms with Crippen LogP contribution in [0.2, 0.25) is 0 Å². The Morgan fingerprint density at radius 3 is 2.56 bits per heavy atom. The highest BCUT2D eigenvalue weighted by Gasteiger charge is 2.20. The topological polar surface area (TPSA) is 97.3 Å². The zero-order valence-corrected chi connectivity index (χ0v) is 21.3. The first-order chi connectivity index (χ1) is 16.9. The van der Waals surface area contributed by atoms with E-state index in [1.165, 1.54) is 15.4 Å². The van der Waals surface area contributed by atoms with Crippen molar-refractivity contribution in [2.24, 2.45) is 0 Å². The summed E-state index contributed by atoms with van der Waals surface area (Å²) in [5.74, 6) is -0.388. The molecule has 4 heterocycles. The summed E-state index contributed by atoms with van der Waals surface area (Å²) in [4.78, 5) is 41.4. The third kappa shape index (κ3) is 5.29. The van der Waals surface area contributed by atoms with Gasteiger partial charge in [-0.3, -0.25) is 0 Å². The molecule has 0 atom stereocenters. The van der Waals surface area contributed by atoms with Crippen LogP contribution >= 0.6 is 0 Å². The molecular formula is C25H30FN7O3. The van der Waals surface area contributed by atoms with Gasteiger partial charge in [-0.25, -0.2) is 28.3 Å². The fraction of sp³-hybridized carbons (Fsp3) is 0.400. The molecule has 0 aromatic carbocycles. The van der Waals surface area contributed by atoms with E-state index >= 15 is 0 Å². The van der Waals surface area contributed by atoms with Crippen LogP contribution < -0.4 is 10.6 Å². The first-order valence-corrected chi connectivity index (χ1v) is 11.7. The molecule has 11 heteroatoms. The summed E-state index contributed by atoms with van der Waals surface area (Å²) >= 11 is 0. The van der Waals surface area contributed by atoms with Crippen LogP contribution in [-0.2, 0) is 4.74 Å². The van der Waals surface area contributed by atoms with Crippen LogP contribution in [0.1, 0.15) is 33.4 Å². The normalized spacial score (nSPS) is 11.8. The van der Waals surface area contributed by atoms with Gasteiger partial charge in [0.25, 0.3) is 0 Å². The number of imidazole rings is 1. The molecule has 36 heavy (non-hydrogen) atoms. The molecule has 190 valence electrons. The third-order valence-corrected chi connectivity index (χ3v) is 5.58. The summed E-state index contributed by atoms with van der Waals surface area (Å²) in [6.07, 6.45) is 4.62. The van der Waals surface area contributed by atoms with Gasteiger partial charge in [-0.05, 0) is 52.8 Å². The molecule has 4 rings (SSSR count). The van der Waals surface area contributed by atoms with Gasteiger partial charge < -0.3 is 18.9 Å². The van der Waals surface area contributed by atoms with Gasteiger partial charge in [-0.2, -0.15) is 4.98 Å². The van der Waals surface area contributed by atoms with Crippen LogP contribution in [0.4, 0.5) is 14.9 Å². The Morgan fingerprint density at radius 2 is 1.86 bits per heavy atom.